The van der Waals surface area contributed by atoms with Gasteiger partial charge in [0.15, 0.2) is 0 Å². The summed E-state index contributed by atoms with van der Waals surface area (Å²) >= 11 is 1.48. The summed E-state index contributed by atoms with van der Waals surface area (Å²) in [5.74, 6) is -0.157. The standard InChI is InChI=1S/C17H15NO2S/c19-16(10-18-17(20)13-8-9-21-11-13)15-7-3-5-12-4-1-2-6-14(12)15/h1-9,11,16,19H,10H2,(H,18,20)/t16-/m1/s1. The van der Waals surface area contributed by atoms with Crippen molar-refractivity contribution in [2.45, 2.75) is 6.10 Å². The molecule has 1 aromatic heterocycles. The maximum Gasteiger partial charge on any atom is 0.252 e. The fourth-order valence-electron chi connectivity index (χ4n) is 2.34. The Bertz CT molecular complexity index is 747. The summed E-state index contributed by atoms with van der Waals surface area (Å²) in [5, 5.41) is 18.9. The van der Waals surface area contributed by atoms with Crippen LogP contribution in [0, 0.1) is 0 Å². The molecule has 3 aromatic rings. The minimum absolute atomic E-state index is 0.157. The van der Waals surface area contributed by atoms with Gasteiger partial charge in [-0.05, 0) is 27.8 Å². The maximum absolute atomic E-state index is 11.9. The van der Waals surface area contributed by atoms with E-state index in [1.807, 2.05) is 47.8 Å². The van der Waals surface area contributed by atoms with Gasteiger partial charge >= 0.3 is 0 Å². The molecule has 0 fully saturated rings. The molecular weight excluding hydrogens is 282 g/mol. The Balaban J connectivity index is 1.75. The van der Waals surface area contributed by atoms with E-state index in [9.17, 15) is 9.90 Å². The van der Waals surface area contributed by atoms with Gasteiger partial charge in [0.05, 0.1) is 6.10 Å². The van der Waals surface area contributed by atoms with Gasteiger partial charge in [-0.3, -0.25) is 4.79 Å². The molecule has 0 spiro atoms. The van der Waals surface area contributed by atoms with Crippen molar-refractivity contribution in [2.75, 3.05) is 6.54 Å². The molecule has 21 heavy (non-hydrogen) atoms. The molecule has 2 N–H and O–H groups in total. The number of aliphatic hydroxyl groups excluding tert-OH is 1. The molecule has 3 rings (SSSR count). The topological polar surface area (TPSA) is 49.3 Å². The summed E-state index contributed by atoms with van der Waals surface area (Å²) in [5.41, 5.74) is 1.46. The highest BCUT2D eigenvalue weighted by atomic mass is 32.1. The molecule has 1 atom stereocenters. The van der Waals surface area contributed by atoms with Crippen LogP contribution >= 0.6 is 11.3 Å². The van der Waals surface area contributed by atoms with Gasteiger partial charge in [0.25, 0.3) is 5.91 Å². The Morgan fingerprint density at radius 3 is 2.76 bits per heavy atom. The number of fused-ring (bicyclic) bond motifs is 1. The molecule has 106 valence electrons. The van der Waals surface area contributed by atoms with E-state index in [0.717, 1.165) is 16.3 Å². The summed E-state index contributed by atoms with van der Waals surface area (Å²) in [4.78, 5) is 11.9. The first-order chi connectivity index (χ1) is 10.3. The van der Waals surface area contributed by atoms with Crippen LogP contribution in [0.3, 0.4) is 0 Å². The molecule has 0 aliphatic rings. The molecule has 0 saturated carbocycles. The predicted octanol–water partition coefficient (Wildman–Crippen LogP) is 3.36. The normalized spacial score (nSPS) is 12.2. The molecular formula is C17H15NO2S. The highest BCUT2D eigenvalue weighted by Crippen LogP contribution is 2.23. The van der Waals surface area contributed by atoms with Gasteiger partial charge in [-0.25, -0.2) is 0 Å². The summed E-state index contributed by atoms with van der Waals surface area (Å²) < 4.78 is 0. The first-order valence-electron chi connectivity index (χ1n) is 6.72. The zero-order chi connectivity index (χ0) is 14.7. The van der Waals surface area contributed by atoms with Crippen LogP contribution in [0.2, 0.25) is 0 Å². The van der Waals surface area contributed by atoms with Crippen LogP contribution in [0.1, 0.15) is 22.0 Å². The predicted molar refractivity (Wildman–Crippen MR) is 85.6 cm³/mol. The number of thiophene rings is 1. The summed E-state index contributed by atoms with van der Waals surface area (Å²) in [6.45, 7) is 0.197. The molecule has 0 aliphatic carbocycles. The van der Waals surface area contributed by atoms with E-state index < -0.39 is 6.10 Å². The zero-order valence-corrected chi connectivity index (χ0v) is 12.1. The SMILES string of the molecule is O=C(NC[C@@H](O)c1cccc2ccccc12)c1ccsc1. The molecule has 4 heteroatoms. The van der Waals surface area contributed by atoms with E-state index in [-0.39, 0.29) is 12.5 Å². The average molecular weight is 297 g/mol. The summed E-state index contributed by atoms with van der Waals surface area (Å²) in [6, 6.07) is 15.5. The largest absolute Gasteiger partial charge is 0.387 e. The minimum atomic E-state index is -0.723. The number of carbonyl (C=O) groups excluding carboxylic acids is 1. The van der Waals surface area contributed by atoms with E-state index >= 15 is 0 Å². The van der Waals surface area contributed by atoms with Gasteiger partial charge in [0, 0.05) is 17.5 Å². The van der Waals surface area contributed by atoms with Crippen molar-refractivity contribution in [1.29, 1.82) is 0 Å². The van der Waals surface area contributed by atoms with Gasteiger partial charge in [0.1, 0.15) is 0 Å². The average Bonchev–Trinajstić information content (AvgIpc) is 3.06. The van der Waals surface area contributed by atoms with E-state index in [2.05, 4.69) is 5.32 Å². The van der Waals surface area contributed by atoms with Crippen molar-refractivity contribution in [3.05, 3.63) is 70.4 Å². The van der Waals surface area contributed by atoms with Crippen LogP contribution in [-0.2, 0) is 0 Å². The van der Waals surface area contributed by atoms with Gasteiger partial charge in [0.2, 0.25) is 0 Å². The van der Waals surface area contributed by atoms with Gasteiger partial charge in [-0.15, -0.1) is 0 Å². The Morgan fingerprint density at radius 2 is 1.95 bits per heavy atom. The smallest absolute Gasteiger partial charge is 0.252 e. The number of nitrogens with one attached hydrogen (secondary N) is 1. The third-order valence-corrected chi connectivity index (χ3v) is 4.10. The van der Waals surface area contributed by atoms with Gasteiger partial charge < -0.3 is 10.4 Å². The van der Waals surface area contributed by atoms with Crippen molar-refractivity contribution >= 4 is 28.0 Å². The zero-order valence-electron chi connectivity index (χ0n) is 11.3. The Labute approximate surface area is 126 Å². The number of carbonyl (C=O) groups is 1. The van der Waals surface area contributed by atoms with Crippen LogP contribution in [0.5, 0.6) is 0 Å². The molecule has 2 aromatic carbocycles. The maximum atomic E-state index is 11.9. The van der Waals surface area contributed by atoms with E-state index in [4.69, 9.17) is 0 Å². The number of rotatable bonds is 4. The van der Waals surface area contributed by atoms with Gasteiger partial charge in [-0.2, -0.15) is 11.3 Å². The number of hydrogen-bond acceptors (Lipinski definition) is 3. The number of aliphatic hydroxyl groups is 1. The third kappa shape index (κ3) is 2.96. The quantitative estimate of drug-likeness (QED) is 0.775. The lowest BCUT2D eigenvalue weighted by Gasteiger charge is -2.14. The van der Waals surface area contributed by atoms with Crippen LogP contribution in [0.4, 0.5) is 0 Å². The van der Waals surface area contributed by atoms with Crippen molar-refractivity contribution in [1.82, 2.24) is 5.32 Å². The third-order valence-electron chi connectivity index (χ3n) is 3.42. The van der Waals surface area contributed by atoms with E-state index in [1.165, 1.54) is 11.3 Å². The van der Waals surface area contributed by atoms with Crippen LogP contribution in [0.15, 0.2) is 59.3 Å². The second-order valence-corrected chi connectivity index (χ2v) is 5.59. The number of amides is 1. The fraction of sp³-hybridized carbons (Fsp3) is 0.118. The first-order valence-corrected chi connectivity index (χ1v) is 7.66. The fourth-order valence-corrected chi connectivity index (χ4v) is 2.97. The molecule has 0 radical (unpaired) electrons. The van der Waals surface area contributed by atoms with Crippen LogP contribution in [0.25, 0.3) is 10.8 Å². The van der Waals surface area contributed by atoms with Gasteiger partial charge in [-0.1, -0.05) is 42.5 Å². The summed E-state index contributed by atoms with van der Waals surface area (Å²) in [6.07, 6.45) is -0.723. The van der Waals surface area contributed by atoms with E-state index in [1.54, 1.807) is 11.4 Å². The molecule has 0 bridgehead atoms. The summed E-state index contributed by atoms with van der Waals surface area (Å²) in [7, 11) is 0. The minimum Gasteiger partial charge on any atom is -0.387 e. The number of benzene rings is 2. The molecule has 1 heterocycles. The Kier molecular flexibility index (Phi) is 3.99. The monoisotopic (exact) mass is 297 g/mol. The highest BCUT2D eigenvalue weighted by Gasteiger charge is 2.13. The molecule has 3 nitrogen and oxygen atoms in total. The van der Waals surface area contributed by atoms with Crippen molar-refractivity contribution < 1.29 is 9.90 Å². The second-order valence-electron chi connectivity index (χ2n) is 4.81. The lowest BCUT2D eigenvalue weighted by atomic mass is 10.0. The van der Waals surface area contributed by atoms with E-state index in [0.29, 0.717) is 5.56 Å². The lowest BCUT2D eigenvalue weighted by molar-refractivity contribution is 0.0917. The lowest BCUT2D eigenvalue weighted by Crippen LogP contribution is -2.28. The Morgan fingerprint density at radius 1 is 1.14 bits per heavy atom. The molecule has 0 saturated heterocycles. The number of hydrogen-bond donors (Lipinski definition) is 2. The van der Waals surface area contributed by atoms with Crippen LogP contribution in [-0.4, -0.2) is 17.6 Å². The Hall–Kier alpha value is -2.17. The highest BCUT2D eigenvalue weighted by molar-refractivity contribution is 7.08. The molecule has 1 amide bonds. The van der Waals surface area contributed by atoms with Crippen LogP contribution < -0.4 is 5.32 Å². The second kappa shape index (κ2) is 6.08. The molecule has 0 aliphatic heterocycles. The van der Waals surface area contributed by atoms with Crippen molar-refractivity contribution in [3.63, 3.8) is 0 Å². The van der Waals surface area contributed by atoms with Crippen molar-refractivity contribution in [3.8, 4) is 0 Å². The van der Waals surface area contributed by atoms with Crippen molar-refractivity contribution in [2.24, 2.45) is 0 Å². The molecule has 0 unspecified atom stereocenters. The first kappa shape index (κ1) is 13.8.